The normalized spacial score (nSPS) is 11.4. The van der Waals surface area contributed by atoms with E-state index < -0.39 is 0 Å². The van der Waals surface area contributed by atoms with Gasteiger partial charge in [0.15, 0.2) is 0 Å². The van der Waals surface area contributed by atoms with Gasteiger partial charge in [-0.2, -0.15) is 5.10 Å². The molecule has 5 heteroatoms. The van der Waals surface area contributed by atoms with Crippen molar-refractivity contribution in [2.75, 3.05) is 0 Å². The molecule has 0 aliphatic heterocycles. The van der Waals surface area contributed by atoms with Gasteiger partial charge >= 0.3 is 0 Å². The van der Waals surface area contributed by atoms with Gasteiger partial charge in [0.05, 0.1) is 17.5 Å². The van der Waals surface area contributed by atoms with E-state index in [2.05, 4.69) is 10.5 Å². The zero-order chi connectivity index (χ0) is 13.8. The summed E-state index contributed by atoms with van der Waals surface area (Å²) >= 11 is 6.05. The van der Waals surface area contributed by atoms with E-state index >= 15 is 0 Å². The van der Waals surface area contributed by atoms with E-state index in [0.29, 0.717) is 22.1 Å². The molecule has 1 aromatic carbocycles. The van der Waals surface area contributed by atoms with Crippen molar-refractivity contribution in [2.24, 2.45) is 5.10 Å². The van der Waals surface area contributed by atoms with Gasteiger partial charge in [-0.05, 0) is 26.0 Å². The lowest BCUT2D eigenvalue weighted by Crippen LogP contribution is -2.19. The number of benzene rings is 1. The van der Waals surface area contributed by atoms with Crippen LogP contribution in [0.1, 0.15) is 28.6 Å². The maximum atomic E-state index is 11.8. The minimum Gasteiger partial charge on any atom is -0.469 e. The van der Waals surface area contributed by atoms with E-state index in [1.165, 1.54) is 6.26 Å². The number of hydrazone groups is 1. The smallest absolute Gasteiger partial charge is 0.274 e. The number of carbonyl (C=O) groups is 1. The Morgan fingerprint density at radius 2 is 2.00 bits per heavy atom. The predicted molar refractivity (Wildman–Crippen MR) is 74.6 cm³/mol. The van der Waals surface area contributed by atoms with E-state index in [4.69, 9.17) is 16.0 Å². The summed E-state index contributed by atoms with van der Waals surface area (Å²) in [7, 11) is 0. The fourth-order valence-corrected chi connectivity index (χ4v) is 1.90. The molecule has 0 spiro atoms. The Hall–Kier alpha value is -2.07. The Balaban J connectivity index is 2.13. The lowest BCUT2D eigenvalue weighted by molar-refractivity contribution is 0.0953. The molecular weight excluding hydrogens is 264 g/mol. The second kappa shape index (κ2) is 5.71. The maximum absolute atomic E-state index is 11.8. The number of aryl methyl sites for hydroxylation is 1. The van der Waals surface area contributed by atoms with Gasteiger partial charge in [-0.1, -0.05) is 29.8 Å². The van der Waals surface area contributed by atoms with Gasteiger partial charge in [-0.3, -0.25) is 4.79 Å². The number of nitrogens with one attached hydrogen (secondary N) is 1. The van der Waals surface area contributed by atoms with Crippen LogP contribution >= 0.6 is 11.6 Å². The zero-order valence-corrected chi connectivity index (χ0v) is 11.4. The first-order valence-electron chi connectivity index (χ1n) is 5.73. The molecule has 0 saturated heterocycles. The van der Waals surface area contributed by atoms with Gasteiger partial charge in [-0.25, -0.2) is 5.43 Å². The summed E-state index contributed by atoms with van der Waals surface area (Å²) in [4.78, 5) is 11.8. The van der Waals surface area contributed by atoms with Crippen molar-refractivity contribution < 1.29 is 9.21 Å². The van der Waals surface area contributed by atoms with Crippen LogP contribution in [0.3, 0.4) is 0 Å². The second-order valence-corrected chi connectivity index (χ2v) is 4.42. The van der Waals surface area contributed by atoms with Crippen LogP contribution < -0.4 is 5.43 Å². The molecule has 0 unspecified atom stereocenters. The highest BCUT2D eigenvalue weighted by molar-refractivity contribution is 6.34. The zero-order valence-electron chi connectivity index (χ0n) is 10.6. The molecule has 0 aliphatic rings. The first kappa shape index (κ1) is 13.4. The Labute approximate surface area is 116 Å². The number of carbonyl (C=O) groups excluding carboxylic acids is 1. The third-order valence-corrected chi connectivity index (χ3v) is 3.02. The van der Waals surface area contributed by atoms with Crippen molar-refractivity contribution in [3.63, 3.8) is 0 Å². The Morgan fingerprint density at radius 3 is 2.63 bits per heavy atom. The van der Waals surface area contributed by atoms with Crippen LogP contribution in [0, 0.1) is 6.92 Å². The quantitative estimate of drug-likeness (QED) is 0.690. The molecule has 98 valence electrons. The monoisotopic (exact) mass is 276 g/mol. The number of amides is 1. The number of furan rings is 1. The molecule has 1 amide bonds. The molecule has 0 atom stereocenters. The van der Waals surface area contributed by atoms with Crippen LogP contribution in [0.2, 0.25) is 5.02 Å². The Morgan fingerprint density at radius 1 is 1.26 bits per heavy atom. The fourth-order valence-electron chi connectivity index (χ4n) is 1.63. The molecule has 2 aromatic rings. The summed E-state index contributed by atoms with van der Waals surface area (Å²) in [6, 6.07) is 8.92. The van der Waals surface area contributed by atoms with E-state index in [-0.39, 0.29) is 5.91 Å². The molecular formula is C14H13ClN2O2. The molecule has 0 aliphatic carbocycles. The van der Waals surface area contributed by atoms with Crippen molar-refractivity contribution >= 4 is 23.2 Å². The van der Waals surface area contributed by atoms with Crippen LogP contribution in [-0.4, -0.2) is 11.6 Å². The highest BCUT2D eigenvalue weighted by atomic mass is 35.5. The van der Waals surface area contributed by atoms with Crippen LogP contribution in [0.25, 0.3) is 0 Å². The average Bonchev–Trinajstić information content (AvgIpc) is 2.82. The average molecular weight is 277 g/mol. The first-order chi connectivity index (χ1) is 9.09. The number of hydrogen-bond donors (Lipinski definition) is 1. The summed E-state index contributed by atoms with van der Waals surface area (Å²) in [6.07, 6.45) is 1.47. The van der Waals surface area contributed by atoms with Crippen LogP contribution in [-0.2, 0) is 0 Å². The molecule has 2 rings (SSSR count). The molecule has 1 N–H and O–H groups in total. The van der Waals surface area contributed by atoms with Gasteiger partial charge in [0.2, 0.25) is 0 Å². The summed E-state index contributed by atoms with van der Waals surface area (Å²) in [5.74, 6) is 0.251. The summed E-state index contributed by atoms with van der Waals surface area (Å²) in [6.45, 7) is 3.50. The van der Waals surface area contributed by atoms with E-state index in [9.17, 15) is 4.79 Å². The third-order valence-electron chi connectivity index (χ3n) is 2.69. The molecule has 0 radical (unpaired) electrons. The Bertz CT molecular complexity index is 632. The third kappa shape index (κ3) is 3.03. The summed E-state index contributed by atoms with van der Waals surface area (Å²) < 4.78 is 5.07. The summed E-state index contributed by atoms with van der Waals surface area (Å²) in [5.41, 5.74) is 4.37. The molecule has 0 saturated carbocycles. The molecule has 0 fully saturated rings. The Kier molecular flexibility index (Phi) is 4.02. The highest BCUT2D eigenvalue weighted by Crippen LogP contribution is 2.15. The van der Waals surface area contributed by atoms with Crippen LogP contribution in [0.4, 0.5) is 0 Å². The van der Waals surface area contributed by atoms with Gasteiger partial charge in [0.25, 0.3) is 5.91 Å². The lowest BCUT2D eigenvalue weighted by Gasteiger charge is -2.04. The second-order valence-electron chi connectivity index (χ2n) is 4.01. The standard InChI is InChI=1S/C14H13ClN2O2/c1-9(11-5-3-4-6-13(11)15)16-17-14(18)12-7-8-19-10(12)2/h3-8H,1-2H3,(H,17,18). The number of rotatable bonds is 3. The van der Waals surface area contributed by atoms with Crippen molar-refractivity contribution in [2.45, 2.75) is 13.8 Å². The SMILES string of the molecule is CC(=NNC(=O)c1ccoc1C)c1ccccc1Cl. The van der Waals surface area contributed by atoms with Crippen LogP contribution in [0.5, 0.6) is 0 Å². The highest BCUT2D eigenvalue weighted by Gasteiger charge is 2.11. The fraction of sp³-hybridized carbons (Fsp3) is 0.143. The molecule has 1 heterocycles. The first-order valence-corrected chi connectivity index (χ1v) is 6.11. The molecule has 0 bridgehead atoms. The van der Waals surface area contributed by atoms with Crippen molar-refractivity contribution in [3.05, 3.63) is 58.5 Å². The summed E-state index contributed by atoms with van der Waals surface area (Å²) in [5, 5.41) is 4.64. The van der Waals surface area contributed by atoms with E-state index in [1.54, 1.807) is 26.0 Å². The van der Waals surface area contributed by atoms with Gasteiger partial charge in [-0.15, -0.1) is 0 Å². The maximum Gasteiger partial charge on any atom is 0.274 e. The molecule has 4 nitrogen and oxygen atoms in total. The predicted octanol–water partition coefficient (Wildman–Crippen LogP) is 3.40. The van der Waals surface area contributed by atoms with Gasteiger partial charge in [0, 0.05) is 10.6 Å². The molecule has 1 aromatic heterocycles. The minimum atomic E-state index is -0.308. The minimum absolute atomic E-state index is 0.308. The number of nitrogens with zero attached hydrogens (tertiary/aromatic N) is 1. The van der Waals surface area contributed by atoms with Gasteiger partial charge < -0.3 is 4.42 Å². The van der Waals surface area contributed by atoms with E-state index in [0.717, 1.165) is 5.56 Å². The molecule has 19 heavy (non-hydrogen) atoms. The topological polar surface area (TPSA) is 54.6 Å². The largest absolute Gasteiger partial charge is 0.469 e. The number of hydrogen-bond acceptors (Lipinski definition) is 3. The van der Waals surface area contributed by atoms with Crippen molar-refractivity contribution in [1.82, 2.24) is 5.43 Å². The van der Waals surface area contributed by atoms with Gasteiger partial charge in [0.1, 0.15) is 5.76 Å². The van der Waals surface area contributed by atoms with Crippen molar-refractivity contribution in [1.29, 1.82) is 0 Å². The van der Waals surface area contributed by atoms with Crippen molar-refractivity contribution in [3.8, 4) is 0 Å². The lowest BCUT2D eigenvalue weighted by atomic mass is 10.1. The van der Waals surface area contributed by atoms with Crippen LogP contribution in [0.15, 0.2) is 46.1 Å². The number of halogens is 1. The van der Waals surface area contributed by atoms with E-state index in [1.807, 2.05) is 18.2 Å².